The van der Waals surface area contributed by atoms with Crippen molar-refractivity contribution in [1.29, 1.82) is 0 Å². The number of aromatic amines is 1. The second-order valence-electron chi connectivity index (χ2n) is 7.81. The van der Waals surface area contributed by atoms with Gasteiger partial charge in [-0.1, -0.05) is 5.16 Å². The maximum atomic E-state index is 13.0. The van der Waals surface area contributed by atoms with Gasteiger partial charge in [0.15, 0.2) is 5.69 Å². The first-order valence-electron chi connectivity index (χ1n) is 10.2. The number of nitrogens with one attached hydrogen (secondary N) is 1. The van der Waals surface area contributed by atoms with Gasteiger partial charge in [-0.2, -0.15) is 5.10 Å². The number of carbonyl (C=O) groups is 1. The van der Waals surface area contributed by atoms with E-state index in [2.05, 4.69) is 15.4 Å². The Morgan fingerprint density at radius 2 is 2.10 bits per heavy atom. The van der Waals surface area contributed by atoms with Crippen molar-refractivity contribution in [2.45, 2.75) is 44.9 Å². The molecule has 0 atom stereocenters. The average Bonchev–Trinajstić information content (AvgIpc) is 3.48. The number of aromatic nitrogens is 4. The molecule has 4 heterocycles. The minimum atomic E-state index is -0.203. The van der Waals surface area contributed by atoms with Crippen LogP contribution in [0.15, 0.2) is 26.8 Å². The number of rotatable bonds is 4. The first kappa shape index (κ1) is 18.4. The van der Waals surface area contributed by atoms with Crippen LogP contribution in [0.5, 0.6) is 0 Å². The van der Waals surface area contributed by atoms with Crippen LogP contribution in [-0.4, -0.2) is 43.8 Å². The molecule has 3 aromatic heterocycles. The maximum Gasteiger partial charge on any atom is 0.348 e. The molecule has 1 amide bonds. The van der Waals surface area contributed by atoms with Gasteiger partial charge in [-0.05, 0) is 55.5 Å². The molecule has 1 fully saturated rings. The number of thiophene rings is 1. The third kappa shape index (κ3) is 3.43. The summed E-state index contributed by atoms with van der Waals surface area (Å²) in [5.41, 5.74) is 1.32. The van der Waals surface area contributed by atoms with Crippen LogP contribution in [0.2, 0.25) is 0 Å². The molecule has 5 rings (SSSR count). The van der Waals surface area contributed by atoms with E-state index in [0.29, 0.717) is 24.7 Å². The third-order valence-electron chi connectivity index (χ3n) is 5.99. The Kier molecular flexibility index (Phi) is 4.83. The molecule has 2 aliphatic rings. The van der Waals surface area contributed by atoms with E-state index in [1.54, 1.807) is 4.57 Å². The third-order valence-corrected chi connectivity index (χ3v) is 6.85. The van der Waals surface area contributed by atoms with Crippen LogP contribution in [0.1, 0.15) is 53.3 Å². The van der Waals surface area contributed by atoms with E-state index in [9.17, 15) is 9.59 Å². The fourth-order valence-electron chi connectivity index (χ4n) is 4.39. The molecule has 3 aromatic rings. The van der Waals surface area contributed by atoms with Crippen molar-refractivity contribution in [2.24, 2.45) is 5.92 Å². The normalized spacial score (nSPS) is 17.4. The van der Waals surface area contributed by atoms with Crippen LogP contribution in [-0.2, 0) is 19.3 Å². The van der Waals surface area contributed by atoms with Gasteiger partial charge < -0.3 is 9.42 Å². The minimum Gasteiger partial charge on any atom is -0.360 e. The predicted molar refractivity (Wildman–Crippen MR) is 108 cm³/mol. The van der Waals surface area contributed by atoms with Crippen LogP contribution in [0, 0.1) is 5.92 Å². The van der Waals surface area contributed by atoms with Crippen LogP contribution >= 0.6 is 11.3 Å². The summed E-state index contributed by atoms with van der Waals surface area (Å²) >= 11 is 1.52. The van der Waals surface area contributed by atoms with Crippen molar-refractivity contribution in [2.75, 3.05) is 13.1 Å². The van der Waals surface area contributed by atoms with Crippen molar-refractivity contribution < 1.29 is 9.32 Å². The zero-order valence-electron chi connectivity index (χ0n) is 16.1. The maximum absolute atomic E-state index is 13.0. The Balaban J connectivity index is 1.24. The van der Waals surface area contributed by atoms with Crippen LogP contribution in [0.25, 0.3) is 5.00 Å². The Hall–Kier alpha value is -2.68. The summed E-state index contributed by atoms with van der Waals surface area (Å²) in [4.78, 5) is 27.0. The second-order valence-corrected chi connectivity index (χ2v) is 8.74. The molecular formula is C20H23N5O3S. The molecule has 1 aliphatic heterocycles. The highest BCUT2D eigenvalue weighted by Gasteiger charge is 2.30. The molecule has 1 N–H and O–H groups in total. The summed E-state index contributed by atoms with van der Waals surface area (Å²) in [6, 6.07) is 3.85. The van der Waals surface area contributed by atoms with Gasteiger partial charge in [-0.3, -0.25) is 4.79 Å². The number of hydrogen-bond donors (Lipinski definition) is 1. The average molecular weight is 414 g/mol. The van der Waals surface area contributed by atoms with Crippen molar-refractivity contribution in [3.8, 4) is 5.00 Å². The summed E-state index contributed by atoms with van der Waals surface area (Å²) in [5, 5.41) is 13.7. The summed E-state index contributed by atoms with van der Waals surface area (Å²) in [7, 11) is 0. The van der Waals surface area contributed by atoms with Crippen molar-refractivity contribution in [3.05, 3.63) is 50.8 Å². The fourth-order valence-corrected chi connectivity index (χ4v) is 5.14. The molecule has 8 nitrogen and oxygen atoms in total. The summed E-state index contributed by atoms with van der Waals surface area (Å²) in [5.74, 6) is 2.03. The van der Waals surface area contributed by atoms with Crippen molar-refractivity contribution >= 4 is 17.2 Å². The number of likely N-dealkylation sites (tertiary alicyclic amines) is 1. The molecule has 0 radical (unpaired) electrons. The molecule has 0 unspecified atom stereocenters. The molecule has 0 spiro atoms. The number of nitrogens with zero attached hydrogens (tertiary/aromatic N) is 4. The SMILES string of the molecule is O=C(c1noc2c1CCCC2)N1CCC(Cc2n[nH]c(=O)n2-c2cccs2)CC1. The lowest BCUT2D eigenvalue weighted by atomic mass is 9.92. The topological polar surface area (TPSA) is 97.0 Å². The van der Waals surface area contributed by atoms with E-state index < -0.39 is 0 Å². The largest absolute Gasteiger partial charge is 0.360 e. The van der Waals surface area contributed by atoms with Gasteiger partial charge in [0.2, 0.25) is 0 Å². The van der Waals surface area contributed by atoms with Crippen molar-refractivity contribution in [3.63, 3.8) is 0 Å². The van der Waals surface area contributed by atoms with Gasteiger partial charge in [-0.15, -0.1) is 11.3 Å². The Morgan fingerprint density at radius 1 is 1.28 bits per heavy atom. The highest BCUT2D eigenvalue weighted by molar-refractivity contribution is 7.12. The first-order chi connectivity index (χ1) is 14.2. The second kappa shape index (κ2) is 7.62. The van der Waals surface area contributed by atoms with Crippen LogP contribution in [0.4, 0.5) is 0 Å². The van der Waals surface area contributed by atoms with Gasteiger partial charge in [-0.25, -0.2) is 14.5 Å². The van der Waals surface area contributed by atoms with Crippen molar-refractivity contribution in [1.82, 2.24) is 24.8 Å². The standard InChI is InChI=1S/C20H23N5O3S/c26-19(18-14-4-1-2-5-15(14)28-23-18)24-9-7-13(8-10-24)12-16-21-22-20(27)25(16)17-6-3-11-29-17/h3,6,11,13H,1-2,4-5,7-10,12H2,(H,22,27). The van der Waals surface area contributed by atoms with Gasteiger partial charge in [0.1, 0.15) is 16.6 Å². The van der Waals surface area contributed by atoms with Gasteiger partial charge in [0.05, 0.1) is 0 Å². The number of hydrogen-bond acceptors (Lipinski definition) is 6. The number of H-pyrrole nitrogens is 1. The summed E-state index contributed by atoms with van der Waals surface area (Å²) in [6.45, 7) is 1.39. The highest BCUT2D eigenvalue weighted by Crippen LogP contribution is 2.27. The molecule has 29 heavy (non-hydrogen) atoms. The predicted octanol–water partition coefficient (Wildman–Crippen LogP) is 2.58. The monoisotopic (exact) mass is 413 g/mol. The molecule has 9 heteroatoms. The van der Waals surface area contributed by atoms with E-state index in [1.807, 2.05) is 22.4 Å². The zero-order chi connectivity index (χ0) is 19.8. The highest BCUT2D eigenvalue weighted by atomic mass is 32.1. The molecular weight excluding hydrogens is 390 g/mol. The van der Waals surface area contributed by atoms with Crippen LogP contribution < -0.4 is 5.69 Å². The van der Waals surface area contributed by atoms with Gasteiger partial charge in [0.25, 0.3) is 5.91 Å². The Morgan fingerprint density at radius 3 is 2.90 bits per heavy atom. The zero-order valence-corrected chi connectivity index (χ0v) is 16.9. The molecule has 1 saturated heterocycles. The number of piperidine rings is 1. The number of fused-ring (bicyclic) bond motifs is 1. The van der Waals surface area contributed by atoms with E-state index >= 15 is 0 Å². The molecule has 0 bridgehead atoms. The summed E-state index contributed by atoms with van der Waals surface area (Å²) < 4.78 is 7.07. The summed E-state index contributed by atoms with van der Waals surface area (Å²) in [6.07, 6.45) is 6.45. The lowest BCUT2D eigenvalue weighted by Crippen LogP contribution is -2.39. The van der Waals surface area contributed by atoms with Gasteiger partial charge in [0, 0.05) is 31.5 Å². The Bertz CT molecular complexity index is 1060. The lowest BCUT2D eigenvalue weighted by molar-refractivity contribution is 0.0678. The fraction of sp³-hybridized carbons (Fsp3) is 0.500. The van der Waals surface area contributed by atoms with E-state index in [1.165, 1.54) is 11.3 Å². The number of carbonyl (C=O) groups excluding carboxylic acids is 1. The molecule has 1 aliphatic carbocycles. The van der Waals surface area contributed by atoms with Gasteiger partial charge >= 0.3 is 5.69 Å². The Labute approximate surface area is 171 Å². The molecule has 0 aromatic carbocycles. The molecule has 152 valence electrons. The molecule has 0 saturated carbocycles. The quantitative estimate of drug-likeness (QED) is 0.709. The smallest absolute Gasteiger partial charge is 0.348 e. The first-order valence-corrected chi connectivity index (χ1v) is 11.1. The number of aryl methyl sites for hydroxylation is 1. The lowest BCUT2D eigenvalue weighted by Gasteiger charge is -2.31. The number of amides is 1. The van der Waals surface area contributed by atoms with Crippen LogP contribution in [0.3, 0.4) is 0 Å². The van der Waals surface area contributed by atoms with E-state index in [-0.39, 0.29) is 11.6 Å². The minimum absolute atomic E-state index is 0.00869. The van der Waals surface area contributed by atoms with E-state index in [0.717, 1.165) is 67.1 Å². The van der Waals surface area contributed by atoms with E-state index in [4.69, 9.17) is 4.52 Å².